The zero-order valence-electron chi connectivity index (χ0n) is 12.1. The molecule has 0 amide bonds. The van der Waals surface area contributed by atoms with Crippen LogP contribution in [0.25, 0.3) is 0 Å². The number of aromatic nitrogens is 1. The molecule has 0 atom stereocenters. The van der Waals surface area contributed by atoms with Gasteiger partial charge in [-0.15, -0.1) is 0 Å². The number of piperazine rings is 1. The number of nitrogens with two attached hydrogens (primary N) is 1. The van der Waals surface area contributed by atoms with Crippen molar-refractivity contribution in [1.82, 2.24) is 9.88 Å². The van der Waals surface area contributed by atoms with Gasteiger partial charge in [0.1, 0.15) is 11.6 Å². The van der Waals surface area contributed by atoms with Crippen molar-refractivity contribution in [2.75, 3.05) is 44.7 Å². The summed E-state index contributed by atoms with van der Waals surface area (Å²) in [6.07, 6.45) is 1.77. The van der Waals surface area contributed by atoms with E-state index in [-0.39, 0.29) is 5.54 Å². The molecule has 1 aliphatic heterocycles. The van der Waals surface area contributed by atoms with E-state index in [4.69, 9.17) is 10.5 Å². The summed E-state index contributed by atoms with van der Waals surface area (Å²) in [5.74, 6) is 1.82. The van der Waals surface area contributed by atoms with Gasteiger partial charge in [-0.1, -0.05) is 0 Å². The Morgan fingerprint density at radius 2 is 1.95 bits per heavy atom. The third-order valence-corrected chi connectivity index (χ3v) is 3.92. The summed E-state index contributed by atoms with van der Waals surface area (Å²) in [5, 5.41) is 0. The minimum atomic E-state index is 0.0828. The third kappa shape index (κ3) is 3.16. The van der Waals surface area contributed by atoms with Gasteiger partial charge in [-0.2, -0.15) is 0 Å². The van der Waals surface area contributed by atoms with Crippen LogP contribution in [0.3, 0.4) is 0 Å². The lowest BCUT2D eigenvalue weighted by Gasteiger charge is -2.43. The second-order valence-corrected chi connectivity index (χ2v) is 5.55. The van der Waals surface area contributed by atoms with Crippen LogP contribution in [0, 0.1) is 0 Å². The van der Waals surface area contributed by atoms with Crippen molar-refractivity contribution in [3.8, 4) is 5.75 Å². The maximum atomic E-state index is 5.83. The summed E-state index contributed by atoms with van der Waals surface area (Å²) < 4.78 is 5.13. The molecule has 2 N–H and O–H groups in total. The molecule has 0 aliphatic carbocycles. The zero-order chi connectivity index (χ0) is 13.9. The van der Waals surface area contributed by atoms with Gasteiger partial charge in [0.2, 0.25) is 0 Å². The monoisotopic (exact) mass is 264 g/mol. The fraction of sp³-hybridized carbons (Fsp3) is 0.643. The number of nitrogens with zero attached hydrogens (tertiary/aromatic N) is 3. The summed E-state index contributed by atoms with van der Waals surface area (Å²) in [6.45, 7) is 9.12. The molecule has 19 heavy (non-hydrogen) atoms. The summed E-state index contributed by atoms with van der Waals surface area (Å²) in [5.41, 5.74) is 5.92. The SMILES string of the molecule is COc1ccc(N2CCN(C(C)(C)CN)CC2)nc1. The van der Waals surface area contributed by atoms with Crippen molar-refractivity contribution < 1.29 is 4.74 Å². The number of ether oxygens (including phenoxy) is 1. The second-order valence-electron chi connectivity index (χ2n) is 5.55. The molecular weight excluding hydrogens is 240 g/mol. The van der Waals surface area contributed by atoms with E-state index < -0.39 is 0 Å². The van der Waals surface area contributed by atoms with E-state index in [1.165, 1.54) is 0 Å². The Hall–Kier alpha value is -1.33. The maximum Gasteiger partial charge on any atom is 0.137 e. The molecule has 0 aromatic carbocycles. The fourth-order valence-corrected chi connectivity index (χ4v) is 2.35. The van der Waals surface area contributed by atoms with Crippen LogP contribution in [0.15, 0.2) is 18.3 Å². The molecule has 0 saturated carbocycles. The summed E-state index contributed by atoms with van der Waals surface area (Å²) in [7, 11) is 1.66. The van der Waals surface area contributed by atoms with E-state index in [2.05, 4.69) is 28.6 Å². The Balaban J connectivity index is 1.95. The average molecular weight is 264 g/mol. The first-order chi connectivity index (χ1) is 9.06. The first-order valence-corrected chi connectivity index (χ1v) is 6.77. The highest BCUT2D eigenvalue weighted by Crippen LogP contribution is 2.20. The minimum Gasteiger partial charge on any atom is -0.495 e. The number of rotatable bonds is 4. The molecular formula is C14H24N4O. The van der Waals surface area contributed by atoms with Crippen molar-refractivity contribution in [1.29, 1.82) is 0 Å². The highest BCUT2D eigenvalue weighted by atomic mass is 16.5. The maximum absolute atomic E-state index is 5.83. The molecule has 0 radical (unpaired) electrons. The van der Waals surface area contributed by atoms with Crippen LogP contribution < -0.4 is 15.4 Å². The van der Waals surface area contributed by atoms with Gasteiger partial charge >= 0.3 is 0 Å². The van der Waals surface area contributed by atoms with Crippen molar-refractivity contribution in [3.63, 3.8) is 0 Å². The average Bonchev–Trinajstić information content (AvgIpc) is 2.47. The topological polar surface area (TPSA) is 54.6 Å². The Kier molecular flexibility index (Phi) is 4.27. The summed E-state index contributed by atoms with van der Waals surface area (Å²) >= 11 is 0. The van der Waals surface area contributed by atoms with Crippen LogP contribution in [0.2, 0.25) is 0 Å². The molecule has 0 unspecified atom stereocenters. The molecule has 2 rings (SSSR count). The normalized spacial score (nSPS) is 17.6. The lowest BCUT2D eigenvalue weighted by molar-refractivity contribution is 0.119. The van der Waals surface area contributed by atoms with Gasteiger partial charge in [0.05, 0.1) is 13.3 Å². The molecule has 1 saturated heterocycles. The van der Waals surface area contributed by atoms with Crippen molar-refractivity contribution in [2.45, 2.75) is 19.4 Å². The third-order valence-electron chi connectivity index (χ3n) is 3.92. The Morgan fingerprint density at radius 3 is 2.42 bits per heavy atom. The van der Waals surface area contributed by atoms with Crippen molar-refractivity contribution >= 4 is 5.82 Å². The summed E-state index contributed by atoms with van der Waals surface area (Å²) in [4.78, 5) is 9.20. The van der Waals surface area contributed by atoms with Gasteiger partial charge in [-0.25, -0.2) is 4.98 Å². The quantitative estimate of drug-likeness (QED) is 0.877. The molecule has 1 aliphatic rings. The fourth-order valence-electron chi connectivity index (χ4n) is 2.35. The molecule has 106 valence electrons. The molecule has 0 bridgehead atoms. The van der Waals surface area contributed by atoms with Gasteiger partial charge in [-0.3, -0.25) is 4.90 Å². The van der Waals surface area contributed by atoms with Crippen molar-refractivity contribution in [3.05, 3.63) is 18.3 Å². The lowest BCUT2D eigenvalue weighted by Crippen LogP contribution is -2.57. The first kappa shape index (κ1) is 14.1. The van der Waals surface area contributed by atoms with Crippen molar-refractivity contribution in [2.24, 2.45) is 5.73 Å². The van der Waals surface area contributed by atoms with E-state index in [1.807, 2.05) is 12.1 Å². The van der Waals surface area contributed by atoms with E-state index >= 15 is 0 Å². The number of anilines is 1. The molecule has 1 aromatic heterocycles. The second kappa shape index (κ2) is 5.75. The van der Waals surface area contributed by atoms with E-state index in [9.17, 15) is 0 Å². The van der Waals surface area contributed by atoms with Gasteiger partial charge < -0.3 is 15.4 Å². The highest BCUT2D eigenvalue weighted by molar-refractivity contribution is 5.41. The van der Waals surface area contributed by atoms with E-state index in [0.29, 0.717) is 6.54 Å². The standard InChI is InChI=1S/C14H24N4O/c1-14(2,11-15)18-8-6-17(7-9-18)13-5-4-12(19-3)10-16-13/h4-5,10H,6-9,11,15H2,1-3H3. The molecule has 1 fully saturated rings. The largest absolute Gasteiger partial charge is 0.495 e. The number of methoxy groups -OCH3 is 1. The first-order valence-electron chi connectivity index (χ1n) is 6.77. The van der Waals surface area contributed by atoms with Crippen LogP contribution in [0.4, 0.5) is 5.82 Å². The number of hydrogen-bond acceptors (Lipinski definition) is 5. The van der Waals surface area contributed by atoms with Gasteiger partial charge in [0.15, 0.2) is 0 Å². The van der Waals surface area contributed by atoms with Crippen LogP contribution >= 0.6 is 0 Å². The van der Waals surface area contributed by atoms with Gasteiger partial charge in [0, 0.05) is 38.3 Å². The van der Waals surface area contributed by atoms with E-state index in [1.54, 1.807) is 13.3 Å². The number of hydrogen-bond donors (Lipinski definition) is 1. The van der Waals surface area contributed by atoms with Gasteiger partial charge in [-0.05, 0) is 26.0 Å². The lowest BCUT2D eigenvalue weighted by atomic mass is 10.0. The minimum absolute atomic E-state index is 0.0828. The van der Waals surface area contributed by atoms with Crippen LogP contribution in [-0.2, 0) is 0 Å². The predicted molar refractivity (Wildman–Crippen MR) is 77.7 cm³/mol. The summed E-state index contributed by atoms with van der Waals surface area (Å²) in [6, 6.07) is 3.97. The van der Waals surface area contributed by atoms with Crippen LogP contribution in [0.1, 0.15) is 13.8 Å². The molecule has 5 heteroatoms. The van der Waals surface area contributed by atoms with Crippen LogP contribution in [-0.4, -0.2) is 55.3 Å². The predicted octanol–water partition coefficient (Wildman–Crippen LogP) is 0.950. The molecule has 1 aromatic rings. The molecule has 5 nitrogen and oxygen atoms in total. The zero-order valence-corrected chi connectivity index (χ0v) is 12.1. The van der Waals surface area contributed by atoms with Crippen LogP contribution in [0.5, 0.6) is 5.75 Å². The molecule has 2 heterocycles. The Labute approximate surface area is 115 Å². The highest BCUT2D eigenvalue weighted by Gasteiger charge is 2.28. The Bertz CT molecular complexity index is 396. The Morgan fingerprint density at radius 1 is 1.26 bits per heavy atom. The van der Waals surface area contributed by atoms with E-state index in [0.717, 1.165) is 37.7 Å². The smallest absolute Gasteiger partial charge is 0.137 e. The number of pyridine rings is 1. The van der Waals surface area contributed by atoms with Gasteiger partial charge in [0.25, 0.3) is 0 Å². The molecule has 0 spiro atoms.